The molecule has 0 N–H and O–H groups in total. The van der Waals surface area contributed by atoms with Gasteiger partial charge < -0.3 is 0 Å². The van der Waals surface area contributed by atoms with E-state index >= 15 is 0 Å². The highest BCUT2D eigenvalue weighted by molar-refractivity contribution is 6.21. The lowest BCUT2D eigenvalue weighted by Gasteiger charge is -2.12. The van der Waals surface area contributed by atoms with Crippen molar-refractivity contribution in [3.63, 3.8) is 0 Å². The zero-order valence-corrected chi connectivity index (χ0v) is 5.72. The molecule has 0 spiro atoms. The van der Waals surface area contributed by atoms with Gasteiger partial charge in [0.15, 0.2) is 0 Å². The van der Waals surface area contributed by atoms with Crippen molar-refractivity contribution in [3.05, 3.63) is 11.5 Å². The fourth-order valence-electron chi connectivity index (χ4n) is 1.08. The first-order valence-corrected chi connectivity index (χ1v) is 3.38. The first-order chi connectivity index (χ1) is 4.33. The molecule has 0 aromatic rings. The summed E-state index contributed by atoms with van der Waals surface area (Å²) in [4.78, 5) is 0. The first kappa shape index (κ1) is 6.42. The Morgan fingerprint density at radius 1 is 1.78 bits per heavy atom. The molecule has 0 aromatic carbocycles. The summed E-state index contributed by atoms with van der Waals surface area (Å²) in [5, 5.41) is 8.50. The van der Waals surface area contributed by atoms with Crippen molar-refractivity contribution in [1.82, 2.24) is 0 Å². The lowest BCUT2D eigenvalue weighted by molar-refractivity contribution is 0.590. The average molecular weight is 119 g/mol. The average Bonchev–Trinajstić information content (AvgIpc) is 1.90. The standard InChI is InChI=1S/C7H10BN/c8-7-3-1-6(5-9)2-4-7/h3,6H,1-2,4,8H2. The molecular formula is C7H10BN. The van der Waals surface area contributed by atoms with Gasteiger partial charge in [-0.2, -0.15) is 5.26 Å². The van der Waals surface area contributed by atoms with E-state index in [9.17, 15) is 0 Å². The zero-order valence-electron chi connectivity index (χ0n) is 5.72. The molecular weight excluding hydrogens is 109 g/mol. The maximum atomic E-state index is 8.50. The Labute approximate surface area is 56.8 Å². The summed E-state index contributed by atoms with van der Waals surface area (Å²) in [6.07, 6.45) is 5.34. The number of nitrogens with zero attached hydrogens (tertiary/aromatic N) is 1. The van der Waals surface area contributed by atoms with Crippen LogP contribution in [0.1, 0.15) is 19.3 Å². The summed E-state index contributed by atoms with van der Waals surface area (Å²) in [6.45, 7) is 0. The molecule has 1 unspecified atom stereocenters. The van der Waals surface area contributed by atoms with Crippen LogP contribution in [0, 0.1) is 17.2 Å². The molecule has 0 radical (unpaired) electrons. The quantitative estimate of drug-likeness (QED) is 0.433. The van der Waals surface area contributed by atoms with Crippen molar-refractivity contribution in [2.45, 2.75) is 19.3 Å². The van der Waals surface area contributed by atoms with Crippen LogP contribution in [-0.2, 0) is 0 Å². The number of hydrogen-bond acceptors (Lipinski definition) is 1. The predicted octanol–water partition coefficient (Wildman–Crippen LogP) is 0.827. The minimum absolute atomic E-state index is 0.300. The van der Waals surface area contributed by atoms with E-state index in [-0.39, 0.29) is 0 Å². The van der Waals surface area contributed by atoms with Crippen LogP contribution in [0.15, 0.2) is 11.5 Å². The van der Waals surface area contributed by atoms with Gasteiger partial charge in [-0.05, 0) is 19.3 Å². The smallest absolute Gasteiger partial charge is 0.133 e. The number of allylic oxidation sites excluding steroid dienone is 2. The first-order valence-electron chi connectivity index (χ1n) is 3.38. The van der Waals surface area contributed by atoms with Crippen molar-refractivity contribution >= 4 is 7.85 Å². The van der Waals surface area contributed by atoms with E-state index in [1.807, 2.05) is 0 Å². The SMILES string of the molecule is BC1=CCC(C#N)CC1. The molecule has 0 bridgehead atoms. The van der Waals surface area contributed by atoms with Crippen LogP contribution >= 0.6 is 0 Å². The molecule has 0 aliphatic heterocycles. The molecule has 1 atom stereocenters. The van der Waals surface area contributed by atoms with Gasteiger partial charge >= 0.3 is 0 Å². The van der Waals surface area contributed by atoms with Crippen LogP contribution in [-0.4, -0.2) is 7.85 Å². The predicted molar refractivity (Wildman–Crippen MR) is 39.6 cm³/mol. The van der Waals surface area contributed by atoms with Gasteiger partial charge in [-0.25, -0.2) is 0 Å². The van der Waals surface area contributed by atoms with Crippen LogP contribution in [0.25, 0.3) is 0 Å². The third-order valence-corrected chi connectivity index (χ3v) is 1.82. The second-order valence-corrected chi connectivity index (χ2v) is 2.65. The second-order valence-electron chi connectivity index (χ2n) is 2.65. The Balaban J connectivity index is 2.48. The molecule has 1 aliphatic rings. The highest BCUT2D eigenvalue weighted by Gasteiger charge is 2.09. The van der Waals surface area contributed by atoms with Crippen molar-refractivity contribution in [2.75, 3.05) is 0 Å². The summed E-state index contributed by atoms with van der Waals surface area (Å²) in [7, 11) is 2.13. The van der Waals surface area contributed by atoms with Crippen LogP contribution in [0.5, 0.6) is 0 Å². The monoisotopic (exact) mass is 119 g/mol. The number of rotatable bonds is 0. The summed E-state index contributed by atoms with van der Waals surface area (Å²) >= 11 is 0. The lowest BCUT2D eigenvalue weighted by atomic mass is 9.81. The van der Waals surface area contributed by atoms with E-state index in [1.165, 1.54) is 5.47 Å². The Morgan fingerprint density at radius 2 is 2.56 bits per heavy atom. The summed E-state index contributed by atoms with van der Waals surface area (Å²) in [5.74, 6) is 0.300. The van der Waals surface area contributed by atoms with Gasteiger partial charge in [0.25, 0.3) is 0 Å². The normalized spacial score (nSPS) is 26.6. The minimum atomic E-state index is 0.300. The molecule has 0 fully saturated rings. The Morgan fingerprint density at radius 3 is 3.00 bits per heavy atom. The molecule has 0 heterocycles. The molecule has 9 heavy (non-hydrogen) atoms. The molecule has 1 rings (SSSR count). The lowest BCUT2D eigenvalue weighted by Crippen LogP contribution is -2.02. The topological polar surface area (TPSA) is 23.8 Å². The van der Waals surface area contributed by atoms with Gasteiger partial charge in [-0.1, -0.05) is 6.08 Å². The number of hydrogen-bond donors (Lipinski definition) is 0. The molecule has 46 valence electrons. The van der Waals surface area contributed by atoms with E-state index in [1.54, 1.807) is 0 Å². The molecule has 0 aromatic heterocycles. The van der Waals surface area contributed by atoms with Crippen LogP contribution in [0.2, 0.25) is 0 Å². The molecule has 0 saturated carbocycles. The van der Waals surface area contributed by atoms with Crippen LogP contribution in [0.3, 0.4) is 0 Å². The third kappa shape index (κ3) is 1.60. The van der Waals surface area contributed by atoms with Crippen molar-refractivity contribution in [3.8, 4) is 6.07 Å². The van der Waals surface area contributed by atoms with Gasteiger partial charge in [0.2, 0.25) is 0 Å². The molecule has 1 aliphatic carbocycles. The molecule has 1 nitrogen and oxygen atoms in total. The largest absolute Gasteiger partial charge is 0.198 e. The van der Waals surface area contributed by atoms with Gasteiger partial charge in [0.1, 0.15) is 7.85 Å². The van der Waals surface area contributed by atoms with Gasteiger partial charge in [0, 0.05) is 0 Å². The Bertz CT molecular complexity index is 166. The summed E-state index contributed by atoms with van der Waals surface area (Å²) < 4.78 is 0. The van der Waals surface area contributed by atoms with Gasteiger partial charge in [0.05, 0.1) is 12.0 Å². The van der Waals surface area contributed by atoms with E-state index in [0.29, 0.717) is 5.92 Å². The highest BCUT2D eigenvalue weighted by Crippen LogP contribution is 2.20. The maximum absolute atomic E-state index is 8.50. The van der Waals surface area contributed by atoms with Gasteiger partial charge in [-0.3, -0.25) is 0 Å². The fourth-order valence-corrected chi connectivity index (χ4v) is 1.08. The van der Waals surface area contributed by atoms with Crippen LogP contribution in [0.4, 0.5) is 0 Å². The zero-order chi connectivity index (χ0) is 6.69. The Hall–Kier alpha value is -0.705. The summed E-state index contributed by atoms with van der Waals surface area (Å²) in [5.41, 5.74) is 1.45. The van der Waals surface area contributed by atoms with E-state index in [4.69, 9.17) is 5.26 Å². The fraction of sp³-hybridized carbons (Fsp3) is 0.571. The number of nitriles is 1. The second kappa shape index (κ2) is 2.73. The molecule has 0 saturated heterocycles. The maximum Gasteiger partial charge on any atom is 0.133 e. The van der Waals surface area contributed by atoms with Crippen molar-refractivity contribution < 1.29 is 0 Å². The Kier molecular flexibility index (Phi) is 1.94. The van der Waals surface area contributed by atoms with Crippen molar-refractivity contribution in [1.29, 1.82) is 5.26 Å². The van der Waals surface area contributed by atoms with E-state index in [2.05, 4.69) is 20.0 Å². The van der Waals surface area contributed by atoms with E-state index < -0.39 is 0 Å². The summed E-state index contributed by atoms with van der Waals surface area (Å²) in [6, 6.07) is 2.28. The molecule has 2 heteroatoms. The van der Waals surface area contributed by atoms with Crippen LogP contribution < -0.4 is 0 Å². The van der Waals surface area contributed by atoms with Gasteiger partial charge in [-0.15, -0.1) is 5.47 Å². The van der Waals surface area contributed by atoms with Crippen molar-refractivity contribution in [2.24, 2.45) is 5.92 Å². The van der Waals surface area contributed by atoms with E-state index in [0.717, 1.165) is 19.3 Å². The molecule has 0 amide bonds. The highest BCUT2D eigenvalue weighted by atomic mass is 14.3. The third-order valence-electron chi connectivity index (χ3n) is 1.82. The minimum Gasteiger partial charge on any atom is -0.198 e.